The summed E-state index contributed by atoms with van der Waals surface area (Å²) in [6.07, 6.45) is 8.55. The fourth-order valence-electron chi connectivity index (χ4n) is 1.30. The molecular formula is C9H8N2O2. The lowest BCUT2D eigenvalue weighted by Crippen LogP contribution is -2.35. The van der Waals surface area contributed by atoms with E-state index in [1.807, 2.05) is 6.08 Å². The molecule has 0 spiro atoms. The fraction of sp³-hybridized carbons (Fsp3) is 0.111. The van der Waals surface area contributed by atoms with E-state index in [-0.39, 0.29) is 5.70 Å². The molecule has 4 heteroatoms. The number of hydrogen-bond donors (Lipinski definition) is 1. The van der Waals surface area contributed by atoms with Crippen molar-refractivity contribution in [3.05, 3.63) is 36.2 Å². The average Bonchev–Trinajstić information content (AvgIpc) is 2.17. The first-order valence-corrected chi connectivity index (χ1v) is 3.91. The molecule has 0 amide bonds. The van der Waals surface area contributed by atoms with E-state index in [9.17, 15) is 4.79 Å². The zero-order valence-corrected chi connectivity index (χ0v) is 6.84. The monoisotopic (exact) mass is 176 g/mol. The van der Waals surface area contributed by atoms with E-state index in [1.165, 1.54) is 0 Å². The number of rotatable bonds is 1. The highest BCUT2D eigenvalue weighted by Gasteiger charge is 2.21. The molecule has 0 fully saturated rings. The van der Waals surface area contributed by atoms with E-state index >= 15 is 0 Å². The largest absolute Gasteiger partial charge is 0.477 e. The fourth-order valence-corrected chi connectivity index (χ4v) is 1.30. The predicted molar refractivity (Wildman–Crippen MR) is 48.1 cm³/mol. The maximum absolute atomic E-state index is 10.8. The molecule has 2 aliphatic heterocycles. The number of hydrogen-bond acceptors (Lipinski definition) is 3. The number of carboxylic acids is 1. The topological polar surface area (TPSA) is 52.9 Å². The lowest BCUT2D eigenvalue weighted by atomic mass is 10.2. The van der Waals surface area contributed by atoms with Crippen LogP contribution in [0.3, 0.4) is 0 Å². The van der Waals surface area contributed by atoms with Crippen molar-refractivity contribution in [2.24, 2.45) is 4.99 Å². The zero-order chi connectivity index (χ0) is 9.26. The van der Waals surface area contributed by atoms with Gasteiger partial charge in [-0.1, -0.05) is 6.08 Å². The van der Waals surface area contributed by atoms with Crippen LogP contribution in [-0.4, -0.2) is 28.4 Å². The first kappa shape index (κ1) is 7.79. The summed E-state index contributed by atoms with van der Waals surface area (Å²) >= 11 is 0. The van der Waals surface area contributed by atoms with E-state index in [2.05, 4.69) is 4.99 Å². The normalized spacial score (nSPS) is 19.2. The summed E-state index contributed by atoms with van der Waals surface area (Å²) in [5, 5.41) is 8.85. The van der Waals surface area contributed by atoms with Crippen molar-refractivity contribution in [3.8, 4) is 0 Å². The molecule has 0 saturated carbocycles. The molecule has 0 aromatic heterocycles. The number of aliphatic carboxylic acids is 1. The van der Waals surface area contributed by atoms with Gasteiger partial charge in [0.15, 0.2) is 0 Å². The first-order valence-electron chi connectivity index (χ1n) is 3.91. The highest BCUT2D eigenvalue weighted by molar-refractivity contribution is 6.02. The van der Waals surface area contributed by atoms with Crippen molar-refractivity contribution in [2.75, 3.05) is 6.54 Å². The molecule has 0 aliphatic carbocycles. The lowest BCUT2D eigenvalue weighted by Gasteiger charge is -2.26. The summed E-state index contributed by atoms with van der Waals surface area (Å²) in [6.45, 7) is 0.571. The molecule has 1 N–H and O–H groups in total. The van der Waals surface area contributed by atoms with Crippen molar-refractivity contribution in [3.63, 3.8) is 0 Å². The minimum absolute atomic E-state index is 0.269. The number of allylic oxidation sites excluding steroid dienone is 2. The molecule has 2 heterocycles. The standard InChI is InChI=1S/C9H8N2O2/c12-9(13)7-3-1-4-8-10-5-2-6-11(7)8/h1-5H,6H2,(H,12,13). The van der Waals surface area contributed by atoms with Crippen molar-refractivity contribution >= 4 is 11.8 Å². The summed E-state index contributed by atoms with van der Waals surface area (Å²) < 4.78 is 0. The second-order valence-corrected chi connectivity index (χ2v) is 2.70. The summed E-state index contributed by atoms with van der Waals surface area (Å²) in [7, 11) is 0. The van der Waals surface area contributed by atoms with Crippen LogP contribution in [0.4, 0.5) is 0 Å². The van der Waals surface area contributed by atoms with Crippen LogP contribution in [-0.2, 0) is 4.79 Å². The van der Waals surface area contributed by atoms with E-state index in [1.54, 1.807) is 29.3 Å². The Kier molecular flexibility index (Phi) is 1.73. The molecule has 0 aromatic rings. The Labute approximate surface area is 75.2 Å². The van der Waals surface area contributed by atoms with Gasteiger partial charge in [-0.05, 0) is 18.2 Å². The van der Waals surface area contributed by atoms with Crippen LogP contribution in [0.25, 0.3) is 0 Å². The smallest absolute Gasteiger partial charge is 0.352 e. The van der Waals surface area contributed by atoms with Crippen LogP contribution in [0, 0.1) is 0 Å². The third-order valence-corrected chi connectivity index (χ3v) is 1.89. The van der Waals surface area contributed by atoms with E-state index in [4.69, 9.17) is 5.11 Å². The van der Waals surface area contributed by atoms with Gasteiger partial charge in [-0.2, -0.15) is 0 Å². The molecule has 13 heavy (non-hydrogen) atoms. The molecule has 0 unspecified atom stereocenters. The molecule has 4 nitrogen and oxygen atoms in total. The molecule has 0 bridgehead atoms. The van der Waals surface area contributed by atoms with Gasteiger partial charge < -0.3 is 10.0 Å². The van der Waals surface area contributed by atoms with Crippen LogP contribution < -0.4 is 0 Å². The molecule has 0 aromatic carbocycles. The van der Waals surface area contributed by atoms with E-state index in [0.717, 1.165) is 0 Å². The number of aliphatic imine (C=N–C) groups is 1. The quantitative estimate of drug-likeness (QED) is 0.641. The predicted octanol–water partition coefficient (Wildman–Crippen LogP) is 0.753. The molecule has 0 atom stereocenters. The number of carbonyl (C=O) groups is 1. The molecule has 2 rings (SSSR count). The Morgan fingerprint density at radius 3 is 3.23 bits per heavy atom. The van der Waals surface area contributed by atoms with Crippen molar-refractivity contribution < 1.29 is 9.90 Å². The summed E-state index contributed by atoms with van der Waals surface area (Å²) in [5.41, 5.74) is 0.269. The SMILES string of the molecule is O=C(O)C1=CC=CC2=NC=CCN12. The van der Waals surface area contributed by atoms with E-state index in [0.29, 0.717) is 12.4 Å². The van der Waals surface area contributed by atoms with Gasteiger partial charge in [0.05, 0.1) is 0 Å². The Morgan fingerprint density at radius 2 is 2.46 bits per heavy atom. The number of fused-ring (bicyclic) bond motifs is 1. The third kappa shape index (κ3) is 1.26. The Morgan fingerprint density at radius 1 is 1.62 bits per heavy atom. The third-order valence-electron chi connectivity index (χ3n) is 1.89. The first-order chi connectivity index (χ1) is 6.29. The average molecular weight is 176 g/mol. The highest BCUT2D eigenvalue weighted by Crippen LogP contribution is 2.15. The van der Waals surface area contributed by atoms with Crippen LogP contribution in [0.5, 0.6) is 0 Å². The van der Waals surface area contributed by atoms with Crippen LogP contribution in [0.15, 0.2) is 41.2 Å². The number of carboxylic acid groups (broad SMARTS) is 1. The highest BCUT2D eigenvalue weighted by atomic mass is 16.4. The van der Waals surface area contributed by atoms with Gasteiger partial charge in [0.25, 0.3) is 0 Å². The van der Waals surface area contributed by atoms with Crippen LogP contribution in [0.1, 0.15) is 0 Å². The van der Waals surface area contributed by atoms with Crippen LogP contribution in [0.2, 0.25) is 0 Å². The van der Waals surface area contributed by atoms with E-state index < -0.39 is 5.97 Å². The van der Waals surface area contributed by atoms with Gasteiger partial charge in [-0.25, -0.2) is 9.79 Å². The maximum atomic E-state index is 10.8. The minimum atomic E-state index is -0.924. The number of nitrogens with zero attached hydrogens (tertiary/aromatic N) is 2. The van der Waals surface area contributed by atoms with Gasteiger partial charge in [0, 0.05) is 12.7 Å². The molecule has 0 saturated heterocycles. The van der Waals surface area contributed by atoms with Gasteiger partial charge >= 0.3 is 5.97 Å². The maximum Gasteiger partial charge on any atom is 0.352 e. The second kappa shape index (κ2) is 2.90. The summed E-state index contributed by atoms with van der Waals surface area (Å²) in [4.78, 5) is 16.5. The Hall–Kier alpha value is -1.84. The molecular weight excluding hydrogens is 168 g/mol. The van der Waals surface area contributed by atoms with Crippen LogP contribution >= 0.6 is 0 Å². The Balaban J connectivity index is 2.37. The number of amidine groups is 1. The van der Waals surface area contributed by atoms with Gasteiger partial charge in [0.2, 0.25) is 0 Å². The van der Waals surface area contributed by atoms with Gasteiger partial charge in [0.1, 0.15) is 11.5 Å². The minimum Gasteiger partial charge on any atom is -0.477 e. The summed E-state index contributed by atoms with van der Waals surface area (Å²) in [5.74, 6) is -0.241. The van der Waals surface area contributed by atoms with Crippen molar-refractivity contribution in [1.82, 2.24) is 4.90 Å². The van der Waals surface area contributed by atoms with Gasteiger partial charge in [-0.3, -0.25) is 0 Å². The lowest BCUT2D eigenvalue weighted by molar-refractivity contribution is -0.133. The molecule has 66 valence electrons. The van der Waals surface area contributed by atoms with Crippen molar-refractivity contribution in [1.29, 1.82) is 0 Å². The molecule has 2 aliphatic rings. The van der Waals surface area contributed by atoms with Gasteiger partial charge in [-0.15, -0.1) is 0 Å². The van der Waals surface area contributed by atoms with Crippen molar-refractivity contribution in [2.45, 2.75) is 0 Å². The Bertz CT molecular complexity index is 364. The second-order valence-electron chi connectivity index (χ2n) is 2.70. The zero-order valence-electron chi connectivity index (χ0n) is 6.84. The molecule has 0 radical (unpaired) electrons. The summed E-state index contributed by atoms with van der Waals surface area (Å²) in [6, 6.07) is 0.